The highest BCUT2D eigenvalue weighted by atomic mass is 19.4. The molecule has 2 aliphatic heterocycles. The molecular weight excluding hydrogens is 628 g/mol. The van der Waals surface area contributed by atoms with Crippen LogP contribution in [0.2, 0.25) is 0 Å². The van der Waals surface area contributed by atoms with Crippen LogP contribution < -0.4 is 15.4 Å². The number of hydrogen-bond acceptors (Lipinski definition) is 4. The highest BCUT2D eigenvalue weighted by molar-refractivity contribution is 6.14. The van der Waals surface area contributed by atoms with Crippen molar-refractivity contribution in [2.45, 2.75) is 23.8 Å². The lowest BCUT2D eigenvalue weighted by molar-refractivity contribution is -0.143. The summed E-state index contributed by atoms with van der Waals surface area (Å²) in [6.45, 7) is -0.331. The van der Waals surface area contributed by atoms with Crippen molar-refractivity contribution in [3.05, 3.63) is 125 Å². The van der Waals surface area contributed by atoms with Crippen molar-refractivity contribution in [1.82, 2.24) is 4.90 Å². The SMILES string of the molecule is COc1ccccc1C1CN(C(=O)Nc2cc(C(F)(F)F)cc(C(F)(F)F)c2)C2(C(=O)Nc3ccccc32)C1C(=O)c1ccccc1. The van der Waals surface area contributed by atoms with Crippen molar-refractivity contribution in [3.8, 4) is 5.75 Å². The number of Topliss-reactive ketones (excluding diaryl/α,β-unsaturated/α-hetero) is 1. The fourth-order valence-electron chi connectivity index (χ4n) is 6.61. The van der Waals surface area contributed by atoms with E-state index in [1.165, 1.54) is 7.11 Å². The van der Waals surface area contributed by atoms with Crippen LogP contribution in [0, 0.1) is 5.92 Å². The van der Waals surface area contributed by atoms with E-state index in [2.05, 4.69) is 10.6 Å². The number of anilines is 2. The van der Waals surface area contributed by atoms with Crippen LogP contribution in [0.3, 0.4) is 0 Å². The second-order valence-electron chi connectivity index (χ2n) is 11.2. The zero-order valence-electron chi connectivity index (χ0n) is 24.4. The Morgan fingerprint density at radius 3 is 2.09 bits per heavy atom. The first-order valence-electron chi connectivity index (χ1n) is 14.3. The first-order valence-corrected chi connectivity index (χ1v) is 14.3. The lowest BCUT2D eigenvalue weighted by Crippen LogP contribution is -2.55. The van der Waals surface area contributed by atoms with E-state index in [1.54, 1.807) is 78.9 Å². The van der Waals surface area contributed by atoms with Crippen LogP contribution in [0.15, 0.2) is 97.1 Å². The summed E-state index contributed by atoms with van der Waals surface area (Å²) in [5.74, 6) is -3.14. The molecule has 1 fully saturated rings. The number of nitrogens with zero attached hydrogens (tertiary/aromatic N) is 1. The zero-order valence-corrected chi connectivity index (χ0v) is 24.4. The van der Waals surface area contributed by atoms with Crippen molar-refractivity contribution in [1.29, 1.82) is 0 Å². The molecule has 2 N–H and O–H groups in total. The Hall–Kier alpha value is -5.33. The van der Waals surface area contributed by atoms with Crippen LogP contribution in [0.25, 0.3) is 0 Å². The monoisotopic (exact) mass is 653 g/mol. The molecule has 4 aromatic carbocycles. The average molecular weight is 654 g/mol. The molecule has 1 spiro atoms. The minimum absolute atomic E-state index is 0.0556. The van der Waals surface area contributed by atoms with Crippen molar-refractivity contribution in [2.24, 2.45) is 5.92 Å². The minimum atomic E-state index is -5.16. The van der Waals surface area contributed by atoms with Gasteiger partial charge < -0.3 is 20.3 Å². The summed E-state index contributed by atoms with van der Waals surface area (Å²) in [6, 6.07) is 20.6. The predicted octanol–water partition coefficient (Wildman–Crippen LogP) is 7.71. The molecule has 6 rings (SSSR count). The largest absolute Gasteiger partial charge is 0.496 e. The van der Waals surface area contributed by atoms with E-state index in [4.69, 9.17) is 4.74 Å². The molecule has 242 valence electrons. The van der Waals surface area contributed by atoms with Gasteiger partial charge in [0.15, 0.2) is 11.3 Å². The van der Waals surface area contributed by atoms with Gasteiger partial charge in [-0.05, 0) is 35.9 Å². The van der Waals surface area contributed by atoms with Crippen molar-refractivity contribution < 1.29 is 45.5 Å². The van der Waals surface area contributed by atoms with Gasteiger partial charge in [0.25, 0.3) is 5.91 Å². The third-order valence-corrected chi connectivity index (χ3v) is 8.55. The lowest BCUT2D eigenvalue weighted by atomic mass is 9.70. The number of fused-ring (bicyclic) bond motifs is 2. The summed E-state index contributed by atoms with van der Waals surface area (Å²) < 4.78 is 87.5. The quantitative estimate of drug-likeness (QED) is 0.171. The summed E-state index contributed by atoms with van der Waals surface area (Å²) in [5.41, 5.74) is -4.90. The Morgan fingerprint density at radius 2 is 1.45 bits per heavy atom. The van der Waals surface area contributed by atoms with Crippen LogP contribution in [-0.2, 0) is 22.7 Å². The summed E-state index contributed by atoms with van der Waals surface area (Å²) in [5, 5.41) is 4.91. The first kappa shape index (κ1) is 31.6. The number of alkyl halides is 6. The van der Waals surface area contributed by atoms with E-state index in [1.807, 2.05) is 0 Å². The smallest absolute Gasteiger partial charge is 0.416 e. The lowest BCUT2D eigenvalue weighted by Gasteiger charge is -2.37. The van der Waals surface area contributed by atoms with Crippen molar-refractivity contribution in [3.63, 3.8) is 0 Å². The van der Waals surface area contributed by atoms with Gasteiger partial charge in [0, 0.05) is 35.0 Å². The number of benzene rings is 4. The molecule has 0 aliphatic carbocycles. The molecule has 3 unspecified atom stereocenters. The molecule has 3 amide bonds. The molecule has 2 aliphatic rings. The molecule has 47 heavy (non-hydrogen) atoms. The molecule has 1 saturated heterocycles. The van der Waals surface area contributed by atoms with E-state index >= 15 is 0 Å². The Labute approximate surface area is 264 Å². The number of rotatable bonds is 5. The van der Waals surface area contributed by atoms with Crippen LogP contribution in [0.1, 0.15) is 38.5 Å². The maximum Gasteiger partial charge on any atom is 0.416 e. The van der Waals surface area contributed by atoms with E-state index in [9.17, 15) is 40.7 Å². The molecule has 0 saturated carbocycles. The number of ketones is 1. The van der Waals surface area contributed by atoms with Crippen molar-refractivity contribution in [2.75, 3.05) is 24.3 Å². The van der Waals surface area contributed by atoms with Crippen LogP contribution >= 0.6 is 0 Å². The standard InChI is InChI=1S/C34H25F6N3O4/c1-47-27-14-8-5-11-23(27)24-18-43(31(46)41-22-16-20(33(35,36)37)15-21(17-22)34(38,39)40)32(25-12-6-7-13-26(25)42-30(32)45)28(24)29(44)19-9-3-2-4-10-19/h2-17,24,28H,18H2,1H3,(H,41,46)(H,42,45). The number of likely N-dealkylation sites (tertiary alicyclic amines) is 1. The Morgan fingerprint density at radius 1 is 0.851 bits per heavy atom. The molecule has 0 aromatic heterocycles. The predicted molar refractivity (Wildman–Crippen MR) is 159 cm³/mol. The Balaban J connectivity index is 1.56. The molecule has 4 aromatic rings. The van der Waals surface area contributed by atoms with Gasteiger partial charge in [-0.15, -0.1) is 0 Å². The second kappa shape index (κ2) is 11.5. The molecule has 0 bridgehead atoms. The topological polar surface area (TPSA) is 87.7 Å². The fraction of sp³-hybridized carbons (Fsp3) is 0.206. The number of carbonyl (C=O) groups excluding carboxylic acids is 3. The minimum Gasteiger partial charge on any atom is -0.496 e. The van der Waals surface area contributed by atoms with Crippen molar-refractivity contribution >= 4 is 29.1 Å². The number of carbonyl (C=O) groups is 3. The van der Waals surface area contributed by atoms with E-state index in [-0.39, 0.29) is 23.7 Å². The highest BCUT2D eigenvalue weighted by Crippen LogP contribution is 2.57. The number of nitrogens with one attached hydrogen (secondary N) is 2. The third kappa shape index (κ3) is 5.34. The average Bonchev–Trinajstić information content (AvgIpc) is 3.55. The fourth-order valence-corrected chi connectivity index (χ4v) is 6.61. The van der Waals surface area contributed by atoms with Gasteiger partial charge in [0.05, 0.1) is 24.2 Å². The van der Waals surface area contributed by atoms with E-state index < -0.39 is 64.3 Å². The van der Waals surface area contributed by atoms with Crippen LogP contribution in [0.4, 0.5) is 42.5 Å². The van der Waals surface area contributed by atoms with Gasteiger partial charge in [0.2, 0.25) is 0 Å². The van der Waals surface area contributed by atoms with Gasteiger partial charge >= 0.3 is 18.4 Å². The number of para-hydroxylation sites is 2. The number of urea groups is 1. The summed E-state index contributed by atoms with van der Waals surface area (Å²) in [6.07, 6.45) is -10.3. The normalized spacial score (nSPS) is 20.6. The molecule has 13 heteroatoms. The molecule has 3 atom stereocenters. The van der Waals surface area contributed by atoms with Gasteiger partial charge in [-0.2, -0.15) is 26.3 Å². The molecule has 0 radical (unpaired) electrons. The molecule has 7 nitrogen and oxygen atoms in total. The van der Waals surface area contributed by atoms with Gasteiger partial charge in [0.1, 0.15) is 5.75 Å². The molecule has 2 heterocycles. The maximum absolute atomic E-state index is 14.6. The summed E-state index contributed by atoms with van der Waals surface area (Å²) in [4.78, 5) is 44.0. The number of ether oxygens (including phenoxy) is 1. The van der Waals surface area contributed by atoms with Gasteiger partial charge in [-0.3, -0.25) is 9.59 Å². The number of hydrogen-bond donors (Lipinski definition) is 2. The van der Waals surface area contributed by atoms with Crippen LogP contribution in [0.5, 0.6) is 5.75 Å². The summed E-state index contributed by atoms with van der Waals surface area (Å²) >= 11 is 0. The Kier molecular flexibility index (Phi) is 7.73. The number of methoxy groups -OCH3 is 1. The van der Waals surface area contributed by atoms with Gasteiger partial charge in [-0.25, -0.2) is 4.79 Å². The highest BCUT2D eigenvalue weighted by Gasteiger charge is 2.67. The maximum atomic E-state index is 14.6. The van der Waals surface area contributed by atoms with Gasteiger partial charge in [-0.1, -0.05) is 66.7 Å². The molecular formula is C34H25F6N3O4. The number of halogens is 6. The summed E-state index contributed by atoms with van der Waals surface area (Å²) in [7, 11) is 1.41. The second-order valence-corrected chi connectivity index (χ2v) is 11.2. The number of amides is 3. The van der Waals surface area contributed by atoms with E-state index in [0.29, 0.717) is 29.1 Å². The Bertz CT molecular complexity index is 1850. The zero-order chi connectivity index (χ0) is 33.7. The van der Waals surface area contributed by atoms with E-state index in [0.717, 1.165) is 4.90 Å². The first-order chi connectivity index (χ1) is 22.3. The van der Waals surface area contributed by atoms with Crippen LogP contribution in [-0.4, -0.2) is 36.3 Å². The third-order valence-electron chi connectivity index (χ3n) is 8.55.